The van der Waals surface area contributed by atoms with Gasteiger partial charge in [-0.2, -0.15) is 0 Å². The van der Waals surface area contributed by atoms with Crippen LogP contribution in [0.4, 0.5) is 10.1 Å². The molecule has 0 spiro atoms. The summed E-state index contributed by atoms with van der Waals surface area (Å²) in [7, 11) is 4.74. The van der Waals surface area contributed by atoms with Gasteiger partial charge in [-0.1, -0.05) is 24.3 Å². The van der Waals surface area contributed by atoms with Crippen molar-refractivity contribution in [3.63, 3.8) is 0 Å². The van der Waals surface area contributed by atoms with Gasteiger partial charge in [-0.25, -0.2) is 9.18 Å². The molecule has 2 aromatic rings. The van der Waals surface area contributed by atoms with Crippen LogP contribution in [0.2, 0.25) is 0 Å². The predicted molar refractivity (Wildman–Crippen MR) is 110 cm³/mol. The third-order valence-corrected chi connectivity index (χ3v) is 4.92. The van der Waals surface area contributed by atoms with Gasteiger partial charge in [0.25, 0.3) is 0 Å². The molecule has 0 radical (unpaired) electrons. The molecule has 2 aromatic carbocycles. The number of esters is 1. The van der Waals surface area contributed by atoms with Crippen LogP contribution in [0.15, 0.2) is 48.7 Å². The topological polar surface area (TPSA) is 48.0 Å². The molecule has 5 nitrogen and oxygen atoms in total. The normalized spacial score (nSPS) is 13.7. The fraction of sp³-hybridized carbons (Fsp3) is 0.348. The van der Waals surface area contributed by atoms with Crippen molar-refractivity contribution in [2.75, 3.05) is 32.7 Å². The first kappa shape index (κ1) is 20.7. The number of rotatable bonds is 9. The van der Waals surface area contributed by atoms with E-state index in [1.807, 2.05) is 25.2 Å². The highest BCUT2D eigenvalue weighted by Crippen LogP contribution is 2.32. The van der Waals surface area contributed by atoms with Gasteiger partial charge in [0, 0.05) is 25.3 Å². The molecule has 0 amide bonds. The molecule has 0 heterocycles. The summed E-state index contributed by atoms with van der Waals surface area (Å²) in [4.78, 5) is 14.2. The largest absolute Gasteiger partial charge is 0.503 e. The first-order valence-electron chi connectivity index (χ1n) is 9.56. The number of carbonyl (C=O) groups excluding carboxylic acids is 1. The van der Waals surface area contributed by atoms with E-state index < -0.39 is 11.8 Å². The lowest BCUT2D eigenvalue weighted by Crippen LogP contribution is -2.20. The second-order valence-electron chi connectivity index (χ2n) is 7.14. The van der Waals surface area contributed by atoms with Crippen LogP contribution in [-0.4, -0.2) is 33.8 Å². The lowest BCUT2D eigenvalue weighted by Gasteiger charge is -2.20. The second-order valence-corrected chi connectivity index (χ2v) is 7.14. The van der Waals surface area contributed by atoms with Crippen LogP contribution in [0.1, 0.15) is 24.0 Å². The van der Waals surface area contributed by atoms with Gasteiger partial charge in [0.05, 0.1) is 20.5 Å². The Morgan fingerprint density at radius 1 is 1.21 bits per heavy atom. The van der Waals surface area contributed by atoms with Gasteiger partial charge in [-0.15, -0.1) is 0 Å². The maximum absolute atomic E-state index is 14.6. The summed E-state index contributed by atoms with van der Waals surface area (Å²) in [6, 6.07) is 12.2. The van der Waals surface area contributed by atoms with Gasteiger partial charge in [-0.05, 0) is 42.0 Å². The van der Waals surface area contributed by atoms with Gasteiger partial charge in [-0.3, -0.25) is 0 Å². The molecule has 29 heavy (non-hydrogen) atoms. The van der Waals surface area contributed by atoms with E-state index in [9.17, 15) is 9.18 Å². The van der Waals surface area contributed by atoms with Crippen LogP contribution >= 0.6 is 0 Å². The fourth-order valence-corrected chi connectivity index (χ4v) is 3.15. The molecule has 0 bridgehead atoms. The lowest BCUT2D eigenvalue weighted by atomic mass is 10.0. The van der Waals surface area contributed by atoms with Crippen molar-refractivity contribution in [3.05, 3.63) is 65.7 Å². The maximum atomic E-state index is 14.6. The SMILES string of the molecule is CO/C=C(/C(=O)OC)c1ccccc1COc1ccc(N(C)CC2CC2)cc1F. The zero-order valence-electron chi connectivity index (χ0n) is 17.0. The summed E-state index contributed by atoms with van der Waals surface area (Å²) in [5, 5.41) is 0. The second kappa shape index (κ2) is 9.45. The zero-order valence-corrected chi connectivity index (χ0v) is 17.0. The Morgan fingerprint density at radius 2 is 1.97 bits per heavy atom. The predicted octanol–water partition coefficient (Wildman–Crippen LogP) is 4.41. The van der Waals surface area contributed by atoms with Crippen LogP contribution < -0.4 is 9.64 Å². The monoisotopic (exact) mass is 399 g/mol. The minimum Gasteiger partial charge on any atom is -0.503 e. The van der Waals surface area contributed by atoms with Crippen molar-refractivity contribution < 1.29 is 23.4 Å². The van der Waals surface area contributed by atoms with Crippen LogP contribution in [0, 0.1) is 11.7 Å². The standard InChI is InChI=1S/C23H26FNO4/c1-25(13-16-8-9-16)18-10-11-22(21(24)12-18)29-14-17-6-4-5-7-19(17)20(15-27-2)23(26)28-3/h4-7,10-12,15-16H,8-9,13-14H2,1-3H3/b20-15+. The minimum atomic E-state index is -0.520. The van der Waals surface area contributed by atoms with Gasteiger partial charge < -0.3 is 19.1 Å². The smallest absolute Gasteiger partial charge is 0.341 e. The molecule has 0 unspecified atom stereocenters. The van der Waals surface area contributed by atoms with Gasteiger partial charge in [0.2, 0.25) is 0 Å². The number of ether oxygens (including phenoxy) is 3. The summed E-state index contributed by atoms with van der Waals surface area (Å²) >= 11 is 0. The number of halogens is 1. The van der Waals surface area contributed by atoms with E-state index in [2.05, 4.69) is 4.90 Å². The molecular weight excluding hydrogens is 373 g/mol. The van der Waals surface area contributed by atoms with Gasteiger partial charge in [0.1, 0.15) is 12.2 Å². The van der Waals surface area contributed by atoms with Crippen LogP contribution in [-0.2, 0) is 20.9 Å². The van der Waals surface area contributed by atoms with Crippen LogP contribution in [0.3, 0.4) is 0 Å². The molecular formula is C23H26FNO4. The summed E-state index contributed by atoms with van der Waals surface area (Å²) in [5.41, 5.74) is 2.43. The summed E-state index contributed by atoms with van der Waals surface area (Å²) in [5.74, 6) is -0.0462. The third kappa shape index (κ3) is 5.28. The van der Waals surface area contributed by atoms with Gasteiger partial charge in [0.15, 0.2) is 11.6 Å². The first-order chi connectivity index (χ1) is 14.0. The van der Waals surface area contributed by atoms with Crippen LogP contribution in [0.25, 0.3) is 5.57 Å². The van der Waals surface area contributed by atoms with Gasteiger partial charge >= 0.3 is 5.97 Å². The Balaban J connectivity index is 1.74. The highest BCUT2D eigenvalue weighted by Gasteiger charge is 2.23. The van der Waals surface area contributed by atoms with E-state index >= 15 is 0 Å². The van der Waals surface area contributed by atoms with E-state index in [-0.39, 0.29) is 17.9 Å². The van der Waals surface area contributed by atoms with E-state index in [1.165, 1.54) is 39.4 Å². The number of methoxy groups -OCH3 is 2. The Kier molecular flexibility index (Phi) is 6.75. The molecule has 154 valence electrons. The average Bonchev–Trinajstić information content (AvgIpc) is 3.55. The highest BCUT2D eigenvalue weighted by atomic mass is 19.1. The number of hydrogen-bond acceptors (Lipinski definition) is 5. The number of benzene rings is 2. The van der Waals surface area contributed by atoms with Crippen molar-refractivity contribution in [3.8, 4) is 5.75 Å². The molecule has 0 aliphatic heterocycles. The Hall–Kier alpha value is -3.02. The quantitative estimate of drug-likeness (QED) is 0.355. The Bertz CT molecular complexity index is 892. The minimum absolute atomic E-state index is 0.0996. The van der Waals surface area contributed by atoms with Crippen LogP contribution in [0.5, 0.6) is 5.75 Å². The number of anilines is 1. The zero-order chi connectivity index (χ0) is 20.8. The van der Waals surface area contributed by atoms with Crippen molar-refractivity contribution in [2.24, 2.45) is 5.92 Å². The number of nitrogens with zero attached hydrogens (tertiary/aromatic N) is 1. The third-order valence-electron chi connectivity index (χ3n) is 4.92. The van der Waals surface area contributed by atoms with E-state index in [0.717, 1.165) is 23.7 Å². The molecule has 3 rings (SSSR count). The molecule has 1 fully saturated rings. The summed E-state index contributed by atoms with van der Waals surface area (Å²) < 4.78 is 30.1. The summed E-state index contributed by atoms with van der Waals surface area (Å²) in [6.45, 7) is 1.04. The van der Waals surface area contributed by atoms with Crippen molar-refractivity contribution in [1.82, 2.24) is 0 Å². The van der Waals surface area contributed by atoms with E-state index in [1.54, 1.807) is 18.2 Å². The van der Waals surface area contributed by atoms with Crippen molar-refractivity contribution in [1.29, 1.82) is 0 Å². The number of hydrogen-bond donors (Lipinski definition) is 0. The molecule has 1 aliphatic carbocycles. The molecule has 1 aliphatic rings. The first-order valence-corrected chi connectivity index (χ1v) is 9.56. The lowest BCUT2D eigenvalue weighted by molar-refractivity contribution is -0.133. The van der Waals surface area contributed by atoms with E-state index in [4.69, 9.17) is 14.2 Å². The van der Waals surface area contributed by atoms with Crippen molar-refractivity contribution >= 4 is 17.2 Å². The average molecular weight is 399 g/mol. The van der Waals surface area contributed by atoms with Crippen molar-refractivity contribution in [2.45, 2.75) is 19.4 Å². The molecule has 0 atom stereocenters. The molecule has 0 saturated heterocycles. The summed E-state index contributed by atoms with van der Waals surface area (Å²) in [6.07, 6.45) is 3.83. The Labute approximate surface area is 170 Å². The molecule has 0 N–H and O–H groups in total. The number of carbonyl (C=O) groups is 1. The molecule has 6 heteroatoms. The maximum Gasteiger partial charge on any atom is 0.341 e. The molecule has 1 saturated carbocycles. The Morgan fingerprint density at radius 3 is 2.62 bits per heavy atom. The highest BCUT2D eigenvalue weighted by molar-refractivity contribution is 6.16. The fourth-order valence-electron chi connectivity index (χ4n) is 3.15. The molecule has 0 aromatic heterocycles. The van der Waals surface area contributed by atoms with E-state index in [0.29, 0.717) is 5.56 Å².